The zero-order valence-corrected chi connectivity index (χ0v) is 23.2. The number of aromatic hydroxyl groups is 1. The third kappa shape index (κ3) is 8.14. The van der Waals surface area contributed by atoms with Gasteiger partial charge >= 0.3 is 6.09 Å². The molecule has 1 fully saturated rings. The Balaban J connectivity index is 2.45. The minimum Gasteiger partial charge on any atom is -0.508 e. The zero-order valence-electron chi connectivity index (χ0n) is 23.2. The van der Waals surface area contributed by atoms with Crippen LogP contribution in [0.4, 0.5) is 4.79 Å². The molecule has 0 radical (unpaired) electrons. The van der Waals surface area contributed by atoms with Gasteiger partial charge in [-0.25, -0.2) is 4.79 Å². The molecule has 4 unspecified atom stereocenters. The van der Waals surface area contributed by atoms with Gasteiger partial charge < -0.3 is 25.4 Å². The van der Waals surface area contributed by atoms with Gasteiger partial charge in [0.05, 0.1) is 0 Å². The highest BCUT2D eigenvalue weighted by Gasteiger charge is 2.48. The second-order valence-electron chi connectivity index (χ2n) is 11.3. The van der Waals surface area contributed by atoms with E-state index < -0.39 is 23.8 Å². The number of alkyl carbamates (subject to hydrolysis) is 1. The summed E-state index contributed by atoms with van der Waals surface area (Å²) in [5, 5.41) is 15.9. The third-order valence-electron chi connectivity index (χ3n) is 6.43. The fourth-order valence-corrected chi connectivity index (χ4v) is 4.25. The van der Waals surface area contributed by atoms with Gasteiger partial charge in [0.2, 0.25) is 11.8 Å². The summed E-state index contributed by atoms with van der Waals surface area (Å²) in [5.41, 5.74) is 0.550. The molecular formula is C28H45N3O5. The molecule has 0 saturated heterocycles. The molecule has 3 amide bonds. The number of benzene rings is 1. The van der Waals surface area contributed by atoms with Crippen LogP contribution in [0.25, 0.3) is 0 Å². The minimum atomic E-state index is -0.880. The van der Waals surface area contributed by atoms with Gasteiger partial charge in [-0.3, -0.25) is 9.59 Å². The average molecular weight is 504 g/mol. The van der Waals surface area contributed by atoms with Crippen LogP contribution >= 0.6 is 0 Å². The number of rotatable bonds is 11. The molecule has 8 heteroatoms. The van der Waals surface area contributed by atoms with Crippen LogP contribution in [0.15, 0.2) is 18.2 Å². The lowest BCUT2D eigenvalue weighted by Crippen LogP contribution is -2.55. The second-order valence-corrected chi connectivity index (χ2v) is 11.3. The molecule has 0 bridgehead atoms. The Morgan fingerprint density at radius 1 is 1.19 bits per heavy atom. The van der Waals surface area contributed by atoms with E-state index in [1.54, 1.807) is 50.8 Å². The zero-order chi connectivity index (χ0) is 27.2. The molecule has 0 heterocycles. The Labute approximate surface area is 216 Å². The summed E-state index contributed by atoms with van der Waals surface area (Å²) in [4.78, 5) is 41.9. The van der Waals surface area contributed by atoms with E-state index in [-0.39, 0.29) is 35.4 Å². The van der Waals surface area contributed by atoms with Crippen LogP contribution in [0.2, 0.25) is 0 Å². The second kappa shape index (κ2) is 12.5. The summed E-state index contributed by atoms with van der Waals surface area (Å²) < 4.78 is 5.42. The summed E-state index contributed by atoms with van der Waals surface area (Å²) in [7, 11) is 0. The fraction of sp³-hybridized carbons (Fsp3) is 0.679. The van der Waals surface area contributed by atoms with E-state index in [9.17, 15) is 19.5 Å². The largest absolute Gasteiger partial charge is 0.508 e. The highest BCUT2D eigenvalue weighted by Crippen LogP contribution is 2.41. The van der Waals surface area contributed by atoms with Crippen molar-refractivity contribution in [2.24, 2.45) is 11.8 Å². The molecule has 36 heavy (non-hydrogen) atoms. The van der Waals surface area contributed by atoms with Crippen molar-refractivity contribution in [1.82, 2.24) is 15.5 Å². The molecule has 202 valence electrons. The first-order chi connectivity index (χ1) is 16.8. The first kappa shape index (κ1) is 29.5. The van der Waals surface area contributed by atoms with Gasteiger partial charge in [-0.2, -0.15) is 0 Å². The SMILES string of the molecule is CCCCCNC(=O)C(c1ccc(O)c(C)c1)N(C(=O)C(NC(=O)OC(C)(C)C)C(C)C)C1CC1C. The molecule has 0 spiro atoms. The fourth-order valence-electron chi connectivity index (χ4n) is 4.25. The van der Waals surface area contributed by atoms with Gasteiger partial charge in [0.15, 0.2) is 0 Å². The lowest BCUT2D eigenvalue weighted by molar-refractivity contribution is -0.144. The molecule has 2 rings (SSSR count). The van der Waals surface area contributed by atoms with Crippen molar-refractivity contribution in [3.8, 4) is 5.75 Å². The highest BCUT2D eigenvalue weighted by molar-refractivity contribution is 5.92. The van der Waals surface area contributed by atoms with Gasteiger partial charge in [-0.1, -0.05) is 46.6 Å². The van der Waals surface area contributed by atoms with Crippen LogP contribution in [-0.2, 0) is 14.3 Å². The lowest BCUT2D eigenvalue weighted by Gasteiger charge is -2.36. The van der Waals surface area contributed by atoms with Gasteiger partial charge in [0.1, 0.15) is 23.4 Å². The molecule has 0 aliphatic heterocycles. The standard InChI is InChI=1S/C28H45N3O5/c1-9-10-11-14-29-25(33)24(20-12-13-22(32)19(5)15-20)31(21-16-18(21)4)26(34)23(17(2)3)30-27(35)36-28(6,7)8/h12-13,15,17-18,21,23-24,32H,9-11,14,16H2,1-8H3,(H,29,33)(H,30,35). The van der Waals surface area contributed by atoms with Gasteiger partial charge in [-0.05, 0) is 75.6 Å². The number of hydrogen-bond acceptors (Lipinski definition) is 5. The van der Waals surface area contributed by atoms with E-state index in [0.29, 0.717) is 17.7 Å². The number of carbonyl (C=O) groups excluding carboxylic acids is 3. The number of aryl methyl sites for hydroxylation is 1. The molecule has 8 nitrogen and oxygen atoms in total. The smallest absolute Gasteiger partial charge is 0.408 e. The average Bonchev–Trinajstić information content (AvgIpc) is 3.49. The van der Waals surface area contributed by atoms with E-state index in [0.717, 1.165) is 25.7 Å². The molecular weight excluding hydrogens is 458 g/mol. The van der Waals surface area contributed by atoms with E-state index in [1.165, 1.54) is 0 Å². The van der Waals surface area contributed by atoms with Crippen molar-refractivity contribution in [1.29, 1.82) is 0 Å². The number of unbranched alkanes of at least 4 members (excludes halogenated alkanes) is 2. The van der Waals surface area contributed by atoms with Gasteiger partial charge in [0.25, 0.3) is 0 Å². The van der Waals surface area contributed by atoms with Crippen LogP contribution in [0, 0.1) is 18.8 Å². The molecule has 1 saturated carbocycles. The summed E-state index contributed by atoms with van der Waals surface area (Å²) in [6, 6.07) is 3.14. The van der Waals surface area contributed by atoms with Crippen LogP contribution < -0.4 is 10.6 Å². The van der Waals surface area contributed by atoms with Crippen molar-refractivity contribution < 1.29 is 24.2 Å². The Morgan fingerprint density at radius 3 is 2.33 bits per heavy atom. The summed E-state index contributed by atoms with van der Waals surface area (Å²) in [6.45, 7) is 15.5. The molecule has 1 aromatic carbocycles. The Hall–Kier alpha value is -2.77. The quantitative estimate of drug-likeness (QED) is 0.375. The predicted octanol–water partition coefficient (Wildman–Crippen LogP) is 4.83. The topological polar surface area (TPSA) is 108 Å². The Kier molecular flexibility index (Phi) is 10.2. The van der Waals surface area contributed by atoms with E-state index in [2.05, 4.69) is 24.5 Å². The minimum absolute atomic E-state index is 0.125. The third-order valence-corrected chi connectivity index (χ3v) is 6.43. The van der Waals surface area contributed by atoms with E-state index in [4.69, 9.17) is 4.74 Å². The van der Waals surface area contributed by atoms with Gasteiger partial charge in [0, 0.05) is 12.6 Å². The van der Waals surface area contributed by atoms with E-state index in [1.807, 2.05) is 13.8 Å². The number of phenolic OH excluding ortho intramolecular Hbond substituents is 1. The maximum absolute atomic E-state index is 14.1. The molecule has 3 N–H and O–H groups in total. The van der Waals surface area contributed by atoms with Crippen molar-refractivity contribution in [2.45, 2.75) is 105 Å². The van der Waals surface area contributed by atoms with Crippen LogP contribution in [0.1, 0.15) is 91.3 Å². The van der Waals surface area contributed by atoms with Crippen molar-refractivity contribution >= 4 is 17.9 Å². The van der Waals surface area contributed by atoms with Crippen molar-refractivity contribution in [3.63, 3.8) is 0 Å². The highest BCUT2D eigenvalue weighted by atomic mass is 16.6. The van der Waals surface area contributed by atoms with Crippen LogP contribution in [0.3, 0.4) is 0 Å². The van der Waals surface area contributed by atoms with Crippen LogP contribution in [0.5, 0.6) is 5.75 Å². The number of hydrogen-bond donors (Lipinski definition) is 3. The normalized spacial score (nSPS) is 18.8. The van der Waals surface area contributed by atoms with Crippen LogP contribution in [-0.4, -0.2) is 52.1 Å². The number of amides is 3. The summed E-state index contributed by atoms with van der Waals surface area (Å²) in [5.74, 6) is -0.438. The first-order valence-electron chi connectivity index (χ1n) is 13.2. The maximum Gasteiger partial charge on any atom is 0.408 e. The number of nitrogens with one attached hydrogen (secondary N) is 2. The van der Waals surface area contributed by atoms with Crippen molar-refractivity contribution in [2.75, 3.05) is 6.54 Å². The summed E-state index contributed by atoms with van der Waals surface area (Å²) in [6.07, 6.45) is 3.00. The number of nitrogens with zero attached hydrogens (tertiary/aromatic N) is 1. The molecule has 1 aliphatic rings. The lowest BCUT2D eigenvalue weighted by atomic mass is 9.97. The number of phenols is 1. The Bertz CT molecular complexity index is 924. The molecule has 1 aromatic rings. The molecule has 1 aliphatic carbocycles. The molecule has 4 atom stereocenters. The first-order valence-corrected chi connectivity index (χ1v) is 13.2. The van der Waals surface area contributed by atoms with E-state index >= 15 is 0 Å². The number of ether oxygens (including phenoxy) is 1. The monoisotopic (exact) mass is 503 g/mol. The number of carbonyl (C=O) groups is 3. The Morgan fingerprint density at radius 2 is 1.83 bits per heavy atom. The van der Waals surface area contributed by atoms with Gasteiger partial charge in [-0.15, -0.1) is 0 Å². The predicted molar refractivity (Wildman–Crippen MR) is 141 cm³/mol. The maximum atomic E-state index is 14.1. The van der Waals surface area contributed by atoms with Crippen molar-refractivity contribution in [3.05, 3.63) is 29.3 Å². The summed E-state index contributed by atoms with van der Waals surface area (Å²) >= 11 is 0. The molecule has 0 aromatic heterocycles.